The molecule has 2 aliphatic rings. The molecule has 0 radical (unpaired) electrons. The Hall–Kier alpha value is -3.13. The SMILES string of the molecule is COc1ccccc1C(c1nnnn1C1CCCCC1)N1CCN(c2ccccc2OC)CC1. The Bertz CT molecular complexity index is 1070. The second-order valence-corrected chi connectivity index (χ2v) is 9.11. The highest BCUT2D eigenvalue weighted by Gasteiger charge is 2.34. The highest BCUT2D eigenvalue weighted by Crippen LogP contribution is 2.38. The molecule has 1 saturated heterocycles. The van der Waals surface area contributed by atoms with Crippen molar-refractivity contribution in [2.24, 2.45) is 0 Å². The van der Waals surface area contributed by atoms with Crippen LogP contribution in [0.3, 0.4) is 0 Å². The van der Waals surface area contributed by atoms with E-state index in [0.717, 1.165) is 67.6 Å². The van der Waals surface area contributed by atoms with E-state index < -0.39 is 0 Å². The molecule has 0 amide bonds. The number of anilines is 1. The quantitative estimate of drug-likeness (QED) is 0.523. The average Bonchev–Trinajstić information content (AvgIpc) is 3.39. The Labute approximate surface area is 201 Å². The molecule has 1 aromatic heterocycles. The molecule has 2 aromatic carbocycles. The van der Waals surface area contributed by atoms with Gasteiger partial charge in [-0.3, -0.25) is 4.90 Å². The molecule has 8 heteroatoms. The fourth-order valence-electron chi connectivity index (χ4n) is 5.47. The van der Waals surface area contributed by atoms with Crippen LogP contribution >= 0.6 is 0 Å². The average molecular weight is 463 g/mol. The number of para-hydroxylation sites is 3. The van der Waals surface area contributed by atoms with Crippen molar-refractivity contribution in [1.82, 2.24) is 25.1 Å². The summed E-state index contributed by atoms with van der Waals surface area (Å²) in [7, 11) is 3.47. The highest BCUT2D eigenvalue weighted by atomic mass is 16.5. The summed E-state index contributed by atoms with van der Waals surface area (Å²) in [5.41, 5.74) is 2.26. The summed E-state index contributed by atoms with van der Waals surface area (Å²) in [4.78, 5) is 4.90. The lowest BCUT2D eigenvalue weighted by Gasteiger charge is -2.40. The van der Waals surface area contributed by atoms with Gasteiger partial charge in [0.05, 0.1) is 25.9 Å². The summed E-state index contributed by atoms with van der Waals surface area (Å²) >= 11 is 0. The van der Waals surface area contributed by atoms with Crippen LogP contribution in [0, 0.1) is 0 Å². The van der Waals surface area contributed by atoms with Crippen LogP contribution in [0.1, 0.15) is 55.6 Å². The van der Waals surface area contributed by atoms with Crippen LogP contribution in [0.15, 0.2) is 48.5 Å². The molecular formula is C26H34N6O2. The van der Waals surface area contributed by atoms with E-state index in [0.29, 0.717) is 6.04 Å². The van der Waals surface area contributed by atoms with Gasteiger partial charge in [0.15, 0.2) is 5.82 Å². The maximum Gasteiger partial charge on any atom is 0.173 e. The topological polar surface area (TPSA) is 68.5 Å². The van der Waals surface area contributed by atoms with Gasteiger partial charge in [-0.05, 0) is 41.5 Å². The van der Waals surface area contributed by atoms with E-state index in [1.165, 1.54) is 19.3 Å². The predicted molar refractivity (Wildman–Crippen MR) is 132 cm³/mol. The number of methoxy groups -OCH3 is 2. The third-order valence-corrected chi connectivity index (χ3v) is 7.22. The lowest BCUT2D eigenvalue weighted by molar-refractivity contribution is 0.190. The van der Waals surface area contributed by atoms with E-state index in [1.54, 1.807) is 14.2 Å². The number of piperazine rings is 1. The minimum Gasteiger partial charge on any atom is -0.496 e. The van der Waals surface area contributed by atoms with Crippen molar-refractivity contribution in [1.29, 1.82) is 0 Å². The minimum atomic E-state index is -0.0621. The molecule has 1 aliphatic heterocycles. The fourth-order valence-corrected chi connectivity index (χ4v) is 5.47. The molecule has 2 fully saturated rings. The number of rotatable bonds is 7. The first-order valence-corrected chi connectivity index (χ1v) is 12.3. The number of hydrogen-bond acceptors (Lipinski definition) is 7. The van der Waals surface area contributed by atoms with Crippen LogP contribution in [0.2, 0.25) is 0 Å². The molecule has 0 bridgehead atoms. The Balaban J connectivity index is 1.46. The van der Waals surface area contributed by atoms with E-state index in [-0.39, 0.29) is 6.04 Å². The lowest BCUT2D eigenvalue weighted by atomic mass is 9.95. The van der Waals surface area contributed by atoms with Gasteiger partial charge >= 0.3 is 0 Å². The second kappa shape index (κ2) is 10.4. The van der Waals surface area contributed by atoms with E-state index in [1.807, 2.05) is 24.3 Å². The Morgan fingerprint density at radius 2 is 1.50 bits per heavy atom. The number of hydrogen-bond donors (Lipinski definition) is 0. The zero-order valence-electron chi connectivity index (χ0n) is 20.1. The maximum absolute atomic E-state index is 5.79. The van der Waals surface area contributed by atoms with Gasteiger partial charge in [0.2, 0.25) is 0 Å². The summed E-state index contributed by atoms with van der Waals surface area (Å²) in [6.45, 7) is 3.57. The predicted octanol–water partition coefficient (Wildman–Crippen LogP) is 4.11. The van der Waals surface area contributed by atoms with Crippen molar-refractivity contribution in [3.8, 4) is 11.5 Å². The molecule has 2 heterocycles. The van der Waals surface area contributed by atoms with Crippen molar-refractivity contribution in [3.05, 3.63) is 59.9 Å². The molecule has 34 heavy (non-hydrogen) atoms. The summed E-state index contributed by atoms with van der Waals surface area (Å²) in [6.07, 6.45) is 6.05. The molecule has 5 rings (SSSR count). The van der Waals surface area contributed by atoms with Crippen LogP contribution < -0.4 is 14.4 Å². The van der Waals surface area contributed by atoms with Crippen molar-refractivity contribution in [3.63, 3.8) is 0 Å². The zero-order valence-corrected chi connectivity index (χ0v) is 20.1. The molecule has 1 aliphatic carbocycles. The van der Waals surface area contributed by atoms with Crippen molar-refractivity contribution >= 4 is 5.69 Å². The van der Waals surface area contributed by atoms with Crippen LogP contribution in [0.5, 0.6) is 11.5 Å². The molecule has 1 saturated carbocycles. The Morgan fingerprint density at radius 3 is 2.24 bits per heavy atom. The van der Waals surface area contributed by atoms with E-state index >= 15 is 0 Å². The first kappa shape index (κ1) is 22.7. The highest BCUT2D eigenvalue weighted by molar-refractivity contribution is 5.58. The van der Waals surface area contributed by atoms with Gasteiger partial charge in [-0.2, -0.15) is 0 Å². The Kier molecular flexibility index (Phi) is 6.94. The largest absolute Gasteiger partial charge is 0.496 e. The van der Waals surface area contributed by atoms with Crippen LogP contribution in [-0.2, 0) is 0 Å². The van der Waals surface area contributed by atoms with Crippen molar-refractivity contribution in [2.45, 2.75) is 44.2 Å². The second-order valence-electron chi connectivity index (χ2n) is 9.11. The summed E-state index contributed by atoms with van der Waals surface area (Å²) in [5.74, 6) is 2.71. The number of tetrazole rings is 1. The summed E-state index contributed by atoms with van der Waals surface area (Å²) in [5, 5.41) is 13.2. The van der Waals surface area contributed by atoms with E-state index in [9.17, 15) is 0 Å². The molecule has 180 valence electrons. The number of benzene rings is 2. The number of nitrogens with zero attached hydrogens (tertiary/aromatic N) is 6. The van der Waals surface area contributed by atoms with Gasteiger partial charge in [0.1, 0.15) is 17.5 Å². The Morgan fingerprint density at radius 1 is 0.824 bits per heavy atom. The zero-order chi connectivity index (χ0) is 23.3. The van der Waals surface area contributed by atoms with Crippen LogP contribution in [0.25, 0.3) is 0 Å². The molecule has 1 atom stereocenters. The van der Waals surface area contributed by atoms with Gasteiger partial charge in [0, 0.05) is 31.7 Å². The van der Waals surface area contributed by atoms with Gasteiger partial charge in [-0.25, -0.2) is 4.68 Å². The van der Waals surface area contributed by atoms with Crippen molar-refractivity contribution < 1.29 is 9.47 Å². The smallest absolute Gasteiger partial charge is 0.173 e. The lowest BCUT2D eigenvalue weighted by Crippen LogP contribution is -2.48. The third-order valence-electron chi connectivity index (χ3n) is 7.22. The fraction of sp³-hybridized carbons (Fsp3) is 0.500. The number of ether oxygens (including phenoxy) is 2. The summed E-state index contributed by atoms with van der Waals surface area (Å²) < 4.78 is 13.5. The minimum absolute atomic E-state index is 0.0621. The normalized spacial score (nSPS) is 18.6. The van der Waals surface area contributed by atoms with Gasteiger partial charge in [0.25, 0.3) is 0 Å². The molecule has 0 N–H and O–H groups in total. The summed E-state index contributed by atoms with van der Waals surface area (Å²) in [6, 6.07) is 16.8. The third kappa shape index (κ3) is 4.46. The van der Waals surface area contributed by atoms with Gasteiger partial charge < -0.3 is 14.4 Å². The first-order chi connectivity index (χ1) is 16.8. The van der Waals surface area contributed by atoms with Gasteiger partial charge in [-0.1, -0.05) is 49.6 Å². The monoisotopic (exact) mass is 462 g/mol. The standard InChI is InChI=1S/C26H34N6O2/c1-33-23-14-8-6-12-21(23)25(26-27-28-29-32(26)20-10-4-3-5-11-20)31-18-16-30(17-19-31)22-13-7-9-15-24(22)34-2/h6-9,12-15,20,25H,3-5,10-11,16-19H2,1-2H3. The number of aromatic nitrogens is 4. The molecule has 1 unspecified atom stereocenters. The molecule has 8 nitrogen and oxygen atoms in total. The molecule has 0 spiro atoms. The van der Waals surface area contributed by atoms with Crippen LogP contribution in [0.4, 0.5) is 5.69 Å². The van der Waals surface area contributed by atoms with E-state index in [4.69, 9.17) is 9.47 Å². The van der Waals surface area contributed by atoms with E-state index in [2.05, 4.69) is 54.3 Å². The maximum atomic E-state index is 5.79. The first-order valence-electron chi connectivity index (χ1n) is 12.3. The van der Waals surface area contributed by atoms with Crippen molar-refractivity contribution in [2.75, 3.05) is 45.3 Å². The van der Waals surface area contributed by atoms with Crippen LogP contribution in [-0.4, -0.2) is 65.5 Å². The molecular weight excluding hydrogens is 428 g/mol. The molecule has 3 aromatic rings. The van der Waals surface area contributed by atoms with Gasteiger partial charge in [-0.15, -0.1) is 5.10 Å².